The van der Waals surface area contributed by atoms with Gasteiger partial charge in [0.1, 0.15) is 47.4 Å². The maximum Gasteiger partial charge on any atom is 0.348 e. The van der Waals surface area contributed by atoms with Crippen molar-refractivity contribution in [2.24, 2.45) is 0 Å². The molecule has 300 valence electrons. The highest BCUT2D eigenvalue weighted by atomic mass is 32.1. The number of esters is 4. The fraction of sp³-hybridized carbons (Fsp3) is 0.381. The van der Waals surface area contributed by atoms with Gasteiger partial charge in [-0.1, -0.05) is 50.7 Å². The predicted molar refractivity (Wildman–Crippen MR) is 227 cm³/mol. The van der Waals surface area contributed by atoms with E-state index >= 15 is 0 Å². The number of thiophene rings is 2. The van der Waals surface area contributed by atoms with E-state index in [9.17, 15) is 19.2 Å². The first kappa shape index (κ1) is 41.5. The molecule has 5 aromatic rings. The largest absolute Gasteiger partial charge is 0.465 e. The zero-order valence-corrected chi connectivity index (χ0v) is 34.8. The first-order valence-corrected chi connectivity index (χ1v) is 21.0. The second-order valence-corrected chi connectivity index (χ2v) is 16.4. The number of aromatic nitrogens is 2. The van der Waals surface area contributed by atoms with Gasteiger partial charge in [-0.15, -0.1) is 22.7 Å². The summed E-state index contributed by atoms with van der Waals surface area (Å²) in [6.07, 6.45) is 11.8. The number of carbonyl (C=O) groups excluding carboxylic acids is 4. The number of hydrogen-bond acceptors (Lipinski definition) is 13. The molecule has 0 unspecified atom stereocenters. The molecular weight excluding hydrogens is 785 g/mol. The van der Waals surface area contributed by atoms with E-state index in [4.69, 9.17) is 36.1 Å². The Morgan fingerprint density at radius 3 is 1.84 bits per heavy atom. The van der Waals surface area contributed by atoms with E-state index in [-0.39, 0.29) is 23.9 Å². The van der Waals surface area contributed by atoms with Crippen LogP contribution in [-0.2, 0) is 19.1 Å². The van der Waals surface area contributed by atoms with Crippen LogP contribution in [0.15, 0.2) is 60.7 Å². The summed E-state index contributed by atoms with van der Waals surface area (Å²) in [5.41, 5.74) is 3.32. The van der Waals surface area contributed by atoms with Gasteiger partial charge in [0, 0.05) is 37.1 Å². The van der Waals surface area contributed by atoms with Crippen molar-refractivity contribution in [3.63, 3.8) is 0 Å². The van der Waals surface area contributed by atoms with Crippen molar-refractivity contribution < 1.29 is 38.1 Å². The molecular formula is C42H46N4O8S3. The molecule has 2 saturated carbocycles. The third kappa shape index (κ3) is 10.6. The highest BCUT2D eigenvalue weighted by Gasteiger charge is 2.26. The van der Waals surface area contributed by atoms with Crippen LogP contribution in [0, 0.1) is 0 Å². The third-order valence-corrected chi connectivity index (χ3v) is 12.2. The summed E-state index contributed by atoms with van der Waals surface area (Å²) >= 11 is 8.34. The van der Waals surface area contributed by atoms with E-state index in [1.54, 1.807) is 42.5 Å². The first-order valence-electron chi connectivity index (χ1n) is 19.0. The predicted octanol–water partition coefficient (Wildman–Crippen LogP) is 9.97. The topological polar surface area (TPSA) is 147 Å². The summed E-state index contributed by atoms with van der Waals surface area (Å²) in [6, 6.07) is 18.7. The second-order valence-electron chi connectivity index (χ2n) is 13.9. The van der Waals surface area contributed by atoms with Crippen LogP contribution in [0.3, 0.4) is 0 Å². The number of nitrogens with one attached hydrogen (secondary N) is 2. The summed E-state index contributed by atoms with van der Waals surface area (Å²) < 4.78 is 22.2. The quantitative estimate of drug-likeness (QED) is 0.0784. The van der Waals surface area contributed by atoms with Gasteiger partial charge >= 0.3 is 23.9 Å². The average Bonchev–Trinajstić information content (AvgIpc) is 3.91. The Balaban J connectivity index is 0.000000193. The third-order valence-electron chi connectivity index (χ3n) is 9.75. The number of nitrogens with zero attached hydrogens (tertiary/aromatic N) is 2. The van der Waals surface area contributed by atoms with E-state index in [0.717, 1.165) is 63.7 Å². The maximum absolute atomic E-state index is 12.0. The van der Waals surface area contributed by atoms with Gasteiger partial charge in [-0.05, 0) is 86.3 Å². The number of rotatable bonds is 10. The molecule has 3 aromatic heterocycles. The average molecular weight is 831 g/mol. The molecule has 3 heterocycles. The lowest BCUT2D eigenvalue weighted by molar-refractivity contribution is -0.132. The van der Waals surface area contributed by atoms with E-state index in [1.807, 2.05) is 18.2 Å². The molecule has 0 bridgehead atoms. The first-order chi connectivity index (χ1) is 27.5. The highest BCUT2D eigenvalue weighted by molar-refractivity contribution is 7.81. The molecule has 7 rings (SSSR count). The highest BCUT2D eigenvalue weighted by Crippen LogP contribution is 2.40. The Morgan fingerprint density at radius 1 is 0.737 bits per heavy atom. The molecule has 0 amide bonds. The monoisotopic (exact) mass is 830 g/mol. The fourth-order valence-corrected chi connectivity index (χ4v) is 9.41. The van der Waals surface area contributed by atoms with Crippen molar-refractivity contribution in [1.82, 2.24) is 9.55 Å². The number of ether oxygens (including phenoxy) is 4. The van der Waals surface area contributed by atoms with Gasteiger partial charge in [0.15, 0.2) is 0 Å². The Bertz CT molecular complexity index is 2210. The van der Waals surface area contributed by atoms with Gasteiger partial charge in [0.05, 0.1) is 19.9 Å². The number of methoxy groups -OCH3 is 2. The molecule has 2 fully saturated rings. The normalized spacial score (nSPS) is 14.5. The van der Waals surface area contributed by atoms with E-state index in [1.165, 1.54) is 89.3 Å². The second kappa shape index (κ2) is 19.4. The number of carbonyl (C=O) groups is 4. The zero-order chi connectivity index (χ0) is 40.5. The number of anilines is 2. The van der Waals surface area contributed by atoms with Crippen molar-refractivity contribution in [2.45, 2.75) is 90.1 Å². The SMILES string of the molecule is COC(=O)c1cc(NC(=S)c2ccc(OC(C)=O)cc2)c(NC2CCCCC2)s1.COC(=O)c1cc2nc(-c3ccc(OC(C)=O)cc3)n(C3CCCCC3)c2s1. The zero-order valence-electron chi connectivity index (χ0n) is 32.4. The molecule has 0 spiro atoms. The molecule has 2 N–H and O–H groups in total. The van der Waals surface area contributed by atoms with Crippen LogP contribution in [0.5, 0.6) is 11.5 Å². The van der Waals surface area contributed by atoms with Crippen LogP contribution in [0.1, 0.15) is 109 Å². The Hall–Kier alpha value is -5.12. The lowest BCUT2D eigenvalue weighted by Crippen LogP contribution is -2.22. The molecule has 2 aromatic carbocycles. The van der Waals surface area contributed by atoms with Crippen LogP contribution in [0.4, 0.5) is 10.7 Å². The molecule has 12 nitrogen and oxygen atoms in total. The van der Waals surface area contributed by atoms with Gasteiger partial charge < -0.3 is 34.1 Å². The Labute approximate surface area is 344 Å². The van der Waals surface area contributed by atoms with Crippen molar-refractivity contribution >= 4 is 84.8 Å². The maximum atomic E-state index is 12.0. The number of thiocarbonyl (C=S) groups is 1. The molecule has 57 heavy (non-hydrogen) atoms. The number of benzene rings is 2. The smallest absolute Gasteiger partial charge is 0.348 e. The molecule has 0 aliphatic heterocycles. The van der Waals surface area contributed by atoms with Gasteiger partial charge in [-0.3, -0.25) is 9.59 Å². The summed E-state index contributed by atoms with van der Waals surface area (Å²) in [4.78, 5) is 53.6. The van der Waals surface area contributed by atoms with Crippen LogP contribution in [0.2, 0.25) is 0 Å². The Morgan fingerprint density at radius 2 is 1.28 bits per heavy atom. The fourth-order valence-electron chi connectivity index (χ4n) is 7.07. The molecule has 2 aliphatic rings. The number of hydrogen-bond donors (Lipinski definition) is 2. The molecule has 15 heteroatoms. The molecule has 2 aliphatic carbocycles. The van der Waals surface area contributed by atoms with Crippen LogP contribution >= 0.6 is 34.9 Å². The summed E-state index contributed by atoms with van der Waals surface area (Å²) in [7, 11) is 2.77. The van der Waals surface area contributed by atoms with E-state index < -0.39 is 0 Å². The molecule has 0 atom stereocenters. The summed E-state index contributed by atoms with van der Waals surface area (Å²) in [6.45, 7) is 2.74. The molecule has 0 saturated heterocycles. The van der Waals surface area contributed by atoms with Gasteiger partial charge in [-0.25, -0.2) is 14.6 Å². The van der Waals surface area contributed by atoms with Crippen molar-refractivity contribution in [1.29, 1.82) is 0 Å². The minimum absolute atomic E-state index is 0.328. The standard InChI is InChI=1S/C21H24N2O4S2.C21H22N2O4S/c1-13(24)27-16-10-8-14(9-11-16)19(28)23-17-12-18(21(25)26-2)29-20(17)22-15-6-4-3-5-7-15;1-13(24)27-16-10-8-14(9-11-16)19-22-17-12-18(21(25)26-2)28-20(17)23(19)15-6-4-3-5-7-15/h8-12,15,22H,3-7H2,1-2H3,(H,23,28);8-12,15H,3-7H2,1-2H3. The van der Waals surface area contributed by atoms with Crippen LogP contribution in [0.25, 0.3) is 21.7 Å². The van der Waals surface area contributed by atoms with E-state index in [0.29, 0.717) is 38.3 Å². The number of imidazole rings is 1. The number of fused-ring (bicyclic) bond motifs is 1. The van der Waals surface area contributed by atoms with E-state index in [2.05, 4.69) is 15.2 Å². The van der Waals surface area contributed by atoms with Crippen molar-refractivity contribution in [2.75, 3.05) is 24.9 Å². The Kier molecular flexibility index (Phi) is 14.1. The van der Waals surface area contributed by atoms with Gasteiger partial charge in [-0.2, -0.15) is 0 Å². The minimum atomic E-state index is -0.370. The minimum Gasteiger partial charge on any atom is -0.465 e. The van der Waals surface area contributed by atoms with Crippen LogP contribution < -0.4 is 20.1 Å². The lowest BCUT2D eigenvalue weighted by Gasteiger charge is -2.25. The summed E-state index contributed by atoms with van der Waals surface area (Å²) in [5.74, 6) is 0.461. The van der Waals surface area contributed by atoms with Crippen LogP contribution in [-0.4, -0.2) is 58.7 Å². The van der Waals surface area contributed by atoms with Gasteiger partial charge in [0.2, 0.25) is 0 Å². The van der Waals surface area contributed by atoms with Gasteiger partial charge in [0.25, 0.3) is 0 Å². The summed E-state index contributed by atoms with van der Waals surface area (Å²) in [5, 5.41) is 7.69. The van der Waals surface area contributed by atoms with Crippen molar-refractivity contribution in [3.8, 4) is 22.9 Å². The molecule has 0 radical (unpaired) electrons. The van der Waals surface area contributed by atoms with Crippen molar-refractivity contribution in [3.05, 3.63) is 76.0 Å². The lowest BCUT2D eigenvalue weighted by atomic mass is 9.95.